The van der Waals surface area contributed by atoms with E-state index in [4.69, 9.17) is 4.84 Å². The predicted octanol–water partition coefficient (Wildman–Crippen LogP) is 1.03. The zero-order chi connectivity index (χ0) is 7.68. The third kappa shape index (κ3) is 1.23. The largest absolute Gasteiger partial charge is 0.279 e. The summed E-state index contributed by atoms with van der Waals surface area (Å²) < 4.78 is 0. The number of nitrogens with zero attached hydrogens (tertiary/aromatic N) is 1. The Bertz CT molecular complexity index is 267. The fraction of sp³-hybridized carbons (Fsp3) is 0.125. The third-order valence-corrected chi connectivity index (χ3v) is 1.51. The molecule has 1 amide bonds. The fourth-order valence-electron chi connectivity index (χ4n) is 0.871. The lowest BCUT2D eigenvalue weighted by molar-refractivity contribution is 0.0712. The summed E-state index contributed by atoms with van der Waals surface area (Å²) in [6, 6.07) is 9.07. The van der Waals surface area contributed by atoms with Crippen LogP contribution in [0.2, 0.25) is 0 Å². The summed E-state index contributed by atoms with van der Waals surface area (Å²) in [5.41, 5.74) is 0.671. The van der Waals surface area contributed by atoms with Crippen molar-refractivity contribution in [2.75, 3.05) is 6.73 Å². The Morgan fingerprint density at radius 2 is 2.00 bits per heavy atom. The van der Waals surface area contributed by atoms with Gasteiger partial charge in [-0.05, 0) is 12.1 Å². The highest BCUT2D eigenvalue weighted by Gasteiger charge is 2.26. The number of hydrogen-bond acceptors (Lipinski definition) is 2. The molecule has 0 saturated carbocycles. The average molecular weight is 149 g/mol. The van der Waals surface area contributed by atoms with Crippen LogP contribution in [0.3, 0.4) is 0 Å². The van der Waals surface area contributed by atoms with Crippen molar-refractivity contribution in [3.63, 3.8) is 0 Å². The van der Waals surface area contributed by atoms with Crippen molar-refractivity contribution in [1.82, 2.24) is 5.06 Å². The van der Waals surface area contributed by atoms with Crippen LogP contribution in [0, 0.1) is 0 Å². The van der Waals surface area contributed by atoms with Crippen molar-refractivity contribution in [1.29, 1.82) is 0 Å². The minimum Gasteiger partial charge on any atom is -0.267 e. The third-order valence-electron chi connectivity index (χ3n) is 1.51. The van der Waals surface area contributed by atoms with E-state index in [1.807, 2.05) is 18.2 Å². The number of hydroxylamine groups is 2. The fourth-order valence-corrected chi connectivity index (χ4v) is 0.871. The molecule has 1 aliphatic heterocycles. The van der Waals surface area contributed by atoms with E-state index in [-0.39, 0.29) is 5.91 Å². The van der Waals surface area contributed by atoms with Crippen molar-refractivity contribution < 1.29 is 9.63 Å². The quantitative estimate of drug-likeness (QED) is 0.558. The van der Waals surface area contributed by atoms with Gasteiger partial charge in [0, 0.05) is 5.56 Å². The van der Waals surface area contributed by atoms with Gasteiger partial charge in [-0.3, -0.25) is 4.79 Å². The number of amides is 1. The second-order valence-electron chi connectivity index (χ2n) is 2.31. The number of carbonyl (C=O) groups is 1. The Labute approximate surface area is 64.1 Å². The molecule has 0 atom stereocenters. The minimum absolute atomic E-state index is 0.0643. The van der Waals surface area contributed by atoms with Gasteiger partial charge in [0.25, 0.3) is 5.91 Å². The van der Waals surface area contributed by atoms with Gasteiger partial charge in [0.2, 0.25) is 0 Å². The topological polar surface area (TPSA) is 32.6 Å². The molecule has 0 aliphatic carbocycles. The first-order valence-corrected chi connectivity index (χ1v) is 3.38. The summed E-state index contributed by atoms with van der Waals surface area (Å²) in [4.78, 5) is 15.9. The van der Waals surface area contributed by atoms with Crippen LogP contribution >= 0.6 is 0 Å². The standard InChI is InChI=1S/C8H7NO2/c10-8(9-6-11-9)7-4-2-1-3-5-7/h1-5H,6H2. The maximum absolute atomic E-state index is 11.2. The van der Waals surface area contributed by atoms with Crippen LogP contribution in [0.15, 0.2) is 30.3 Å². The molecule has 2 rings (SSSR count). The van der Waals surface area contributed by atoms with Crippen LogP contribution in [-0.2, 0) is 4.84 Å². The molecule has 1 aromatic rings. The second kappa shape index (κ2) is 2.36. The summed E-state index contributed by atoms with van der Waals surface area (Å²) in [6.07, 6.45) is 0. The van der Waals surface area contributed by atoms with Crippen molar-refractivity contribution in [3.8, 4) is 0 Å². The van der Waals surface area contributed by atoms with Crippen LogP contribution in [0.1, 0.15) is 10.4 Å². The molecule has 1 saturated heterocycles. The number of hydrogen-bond donors (Lipinski definition) is 0. The lowest BCUT2D eigenvalue weighted by atomic mass is 10.2. The van der Waals surface area contributed by atoms with Crippen LogP contribution in [-0.4, -0.2) is 17.7 Å². The first-order valence-electron chi connectivity index (χ1n) is 3.38. The first kappa shape index (κ1) is 6.37. The molecule has 1 aromatic carbocycles. The van der Waals surface area contributed by atoms with Gasteiger partial charge in [-0.25, -0.2) is 4.84 Å². The highest BCUT2D eigenvalue weighted by atomic mass is 16.8. The molecular weight excluding hydrogens is 142 g/mol. The van der Waals surface area contributed by atoms with E-state index in [2.05, 4.69) is 0 Å². The average Bonchev–Trinajstić information content (AvgIpc) is 2.87. The van der Waals surface area contributed by atoms with Crippen LogP contribution in [0.4, 0.5) is 0 Å². The first-order chi connectivity index (χ1) is 5.38. The van der Waals surface area contributed by atoms with Gasteiger partial charge in [0.15, 0.2) is 6.73 Å². The molecule has 0 bridgehead atoms. The smallest absolute Gasteiger partial charge is 0.267 e. The van der Waals surface area contributed by atoms with Gasteiger partial charge < -0.3 is 0 Å². The molecule has 1 fully saturated rings. The lowest BCUT2D eigenvalue weighted by Crippen LogP contribution is -2.09. The van der Waals surface area contributed by atoms with Crippen LogP contribution in [0.5, 0.6) is 0 Å². The maximum atomic E-state index is 11.2. The number of carbonyl (C=O) groups excluding carboxylic acids is 1. The molecule has 11 heavy (non-hydrogen) atoms. The Morgan fingerprint density at radius 3 is 2.55 bits per heavy atom. The highest BCUT2D eigenvalue weighted by molar-refractivity contribution is 5.94. The van der Waals surface area contributed by atoms with E-state index in [0.29, 0.717) is 12.3 Å². The molecule has 0 unspecified atom stereocenters. The zero-order valence-corrected chi connectivity index (χ0v) is 5.86. The second-order valence-corrected chi connectivity index (χ2v) is 2.31. The summed E-state index contributed by atoms with van der Waals surface area (Å²) in [5, 5.41) is 1.31. The SMILES string of the molecule is O=C(c1ccccc1)N1CO1. The minimum atomic E-state index is -0.0643. The van der Waals surface area contributed by atoms with Gasteiger partial charge in [0.05, 0.1) is 0 Å². The summed E-state index contributed by atoms with van der Waals surface area (Å²) >= 11 is 0. The molecule has 1 aliphatic rings. The van der Waals surface area contributed by atoms with Crippen molar-refractivity contribution in [2.24, 2.45) is 0 Å². The lowest BCUT2D eigenvalue weighted by Gasteiger charge is -1.95. The molecule has 1 heterocycles. The van der Waals surface area contributed by atoms with Crippen LogP contribution < -0.4 is 0 Å². The number of rotatable bonds is 1. The van der Waals surface area contributed by atoms with Gasteiger partial charge in [-0.15, -0.1) is 0 Å². The summed E-state index contributed by atoms with van der Waals surface area (Å²) in [6.45, 7) is 0.424. The van der Waals surface area contributed by atoms with Crippen molar-refractivity contribution >= 4 is 5.91 Å². The van der Waals surface area contributed by atoms with E-state index >= 15 is 0 Å². The Kier molecular flexibility index (Phi) is 1.36. The molecule has 0 spiro atoms. The molecule has 0 radical (unpaired) electrons. The highest BCUT2D eigenvalue weighted by Crippen LogP contribution is 2.12. The Morgan fingerprint density at radius 1 is 1.36 bits per heavy atom. The Balaban J connectivity index is 2.22. The maximum Gasteiger partial charge on any atom is 0.279 e. The van der Waals surface area contributed by atoms with E-state index in [1.54, 1.807) is 12.1 Å². The van der Waals surface area contributed by atoms with E-state index in [1.165, 1.54) is 5.06 Å². The predicted molar refractivity (Wildman–Crippen MR) is 38.6 cm³/mol. The summed E-state index contributed by atoms with van der Waals surface area (Å²) in [7, 11) is 0. The van der Waals surface area contributed by atoms with Gasteiger partial charge in [0.1, 0.15) is 0 Å². The van der Waals surface area contributed by atoms with Gasteiger partial charge in [-0.1, -0.05) is 18.2 Å². The van der Waals surface area contributed by atoms with Crippen LogP contribution in [0.25, 0.3) is 0 Å². The molecule has 3 heteroatoms. The van der Waals surface area contributed by atoms with Gasteiger partial charge >= 0.3 is 0 Å². The van der Waals surface area contributed by atoms with E-state index in [0.717, 1.165) is 0 Å². The van der Waals surface area contributed by atoms with E-state index in [9.17, 15) is 4.79 Å². The summed E-state index contributed by atoms with van der Waals surface area (Å²) in [5.74, 6) is -0.0643. The monoisotopic (exact) mass is 149 g/mol. The zero-order valence-electron chi connectivity index (χ0n) is 5.86. The van der Waals surface area contributed by atoms with Gasteiger partial charge in [-0.2, -0.15) is 5.06 Å². The normalized spacial score (nSPS) is 14.7. The molecule has 0 N–H and O–H groups in total. The molecule has 56 valence electrons. The molecule has 0 aromatic heterocycles. The molecule has 3 nitrogen and oxygen atoms in total. The van der Waals surface area contributed by atoms with E-state index < -0.39 is 0 Å². The Hall–Kier alpha value is -1.35. The van der Waals surface area contributed by atoms with Crippen molar-refractivity contribution in [2.45, 2.75) is 0 Å². The molecular formula is C8H7NO2. The van der Waals surface area contributed by atoms with Crippen molar-refractivity contribution in [3.05, 3.63) is 35.9 Å². The number of benzene rings is 1.